The van der Waals surface area contributed by atoms with Crippen molar-refractivity contribution in [3.05, 3.63) is 23.8 Å². The summed E-state index contributed by atoms with van der Waals surface area (Å²) in [6.07, 6.45) is 10.4. The summed E-state index contributed by atoms with van der Waals surface area (Å²) in [4.78, 5) is 33.2. The Labute approximate surface area is 266 Å². The molecular weight excluding hydrogens is 556 g/mol. The molecule has 3 rings (SSSR count). The van der Waals surface area contributed by atoms with Crippen molar-refractivity contribution in [2.24, 2.45) is 11.8 Å². The molecule has 1 heterocycles. The molecule has 2 amide bonds. The van der Waals surface area contributed by atoms with Crippen LogP contribution in [0, 0.1) is 11.8 Å². The highest BCUT2D eigenvalue weighted by atomic mass is 16.5. The van der Waals surface area contributed by atoms with Crippen LogP contribution in [0.2, 0.25) is 0 Å². The topological polar surface area (TPSA) is 94.6 Å². The van der Waals surface area contributed by atoms with Crippen LogP contribution in [-0.4, -0.2) is 110 Å². The van der Waals surface area contributed by atoms with E-state index in [1.807, 2.05) is 27.9 Å². The summed E-state index contributed by atoms with van der Waals surface area (Å²) in [7, 11) is 6.17. The molecule has 4 atom stereocenters. The van der Waals surface area contributed by atoms with E-state index in [0.717, 1.165) is 51.2 Å². The summed E-state index contributed by atoms with van der Waals surface area (Å²) < 4.78 is 12.9. The van der Waals surface area contributed by atoms with Gasteiger partial charge >= 0.3 is 0 Å². The highest BCUT2D eigenvalue weighted by molar-refractivity contribution is 5.99. The zero-order valence-electron chi connectivity index (χ0n) is 28.4. The first-order chi connectivity index (χ1) is 21.1. The number of fused-ring (bicyclic) bond motifs is 1. The number of aliphatic hydroxyl groups excluding tert-OH is 1. The average molecular weight is 617 g/mol. The Balaban J connectivity index is 1.84. The summed E-state index contributed by atoms with van der Waals surface area (Å²) in [5.41, 5.74) is 0.971. The number of carbonyl (C=O) groups is 2. The van der Waals surface area contributed by atoms with Crippen molar-refractivity contribution < 1.29 is 24.2 Å². The zero-order valence-corrected chi connectivity index (χ0v) is 28.4. The van der Waals surface area contributed by atoms with Gasteiger partial charge in [-0.2, -0.15) is 0 Å². The molecule has 1 aromatic carbocycles. The second-order valence-electron chi connectivity index (χ2n) is 13.7. The quantitative estimate of drug-likeness (QED) is 0.350. The van der Waals surface area contributed by atoms with Gasteiger partial charge in [-0.25, -0.2) is 0 Å². The summed E-state index contributed by atoms with van der Waals surface area (Å²) in [5, 5.41) is 13.2. The minimum atomic E-state index is -0.395. The molecule has 250 valence electrons. The van der Waals surface area contributed by atoms with Crippen LogP contribution < -0.4 is 10.1 Å². The van der Waals surface area contributed by atoms with Crippen LogP contribution in [0.15, 0.2) is 18.2 Å². The standard InChI is InChI=1S/C35H60N4O5/c1-26-22-39(27(2)25-40)35(42)31-21-30(36-34(41)16-12-19-37(4)5)17-18-32(31)44-28(3)13-10-11-20-43-33(26)24-38(6)23-29-14-8-7-9-15-29/h17-18,21,26-29,33,40H,7-16,19-20,22-25H2,1-6H3,(H,36,41)/t26-,27+,28-,33-/m0/s1. The van der Waals surface area contributed by atoms with Crippen molar-refractivity contribution in [2.75, 3.05) is 65.9 Å². The van der Waals surface area contributed by atoms with Crippen LogP contribution >= 0.6 is 0 Å². The number of amides is 2. The van der Waals surface area contributed by atoms with E-state index in [9.17, 15) is 14.7 Å². The molecule has 0 spiro atoms. The van der Waals surface area contributed by atoms with Crippen LogP contribution in [-0.2, 0) is 9.53 Å². The molecule has 0 saturated heterocycles. The number of hydrogen-bond acceptors (Lipinski definition) is 7. The Bertz CT molecular complexity index is 1010. The van der Waals surface area contributed by atoms with E-state index in [2.05, 4.69) is 29.1 Å². The van der Waals surface area contributed by atoms with Crippen LogP contribution in [0.3, 0.4) is 0 Å². The minimum Gasteiger partial charge on any atom is -0.490 e. The van der Waals surface area contributed by atoms with Crippen molar-refractivity contribution in [3.63, 3.8) is 0 Å². The number of benzene rings is 1. The molecule has 44 heavy (non-hydrogen) atoms. The molecule has 9 nitrogen and oxygen atoms in total. The number of nitrogens with one attached hydrogen (secondary N) is 1. The largest absolute Gasteiger partial charge is 0.490 e. The molecule has 9 heteroatoms. The second kappa shape index (κ2) is 18.7. The lowest BCUT2D eigenvalue weighted by atomic mass is 9.89. The van der Waals surface area contributed by atoms with Gasteiger partial charge in [-0.05, 0) is 104 Å². The van der Waals surface area contributed by atoms with Crippen molar-refractivity contribution in [3.8, 4) is 5.75 Å². The van der Waals surface area contributed by atoms with Gasteiger partial charge in [0, 0.05) is 44.3 Å². The lowest BCUT2D eigenvalue weighted by Crippen LogP contribution is -2.47. The third-order valence-corrected chi connectivity index (χ3v) is 9.13. The minimum absolute atomic E-state index is 0.0337. The molecule has 1 aliphatic carbocycles. The van der Waals surface area contributed by atoms with Gasteiger partial charge in [0.1, 0.15) is 5.75 Å². The van der Waals surface area contributed by atoms with Crippen LogP contribution in [0.4, 0.5) is 5.69 Å². The predicted molar refractivity (Wildman–Crippen MR) is 177 cm³/mol. The van der Waals surface area contributed by atoms with E-state index in [1.165, 1.54) is 32.1 Å². The monoisotopic (exact) mass is 616 g/mol. The average Bonchev–Trinajstić information content (AvgIpc) is 2.98. The van der Waals surface area contributed by atoms with E-state index < -0.39 is 6.04 Å². The fraction of sp³-hybridized carbons (Fsp3) is 0.771. The van der Waals surface area contributed by atoms with Gasteiger partial charge in [-0.1, -0.05) is 26.2 Å². The van der Waals surface area contributed by atoms with Crippen molar-refractivity contribution in [2.45, 2.75) is 103 Å². The summed E-state index contributed by atoms with van der Waals surface area (Å²) in [6, 6.07) is 4.93. The predicted octanol–water partition coefficient (Wildman–Crippen LogP) is 5.27. The molecule has 1 saturated carbocycles. The molecule has 1 aliphatic heterocycles. The summed E-state index contributed by atoms with van der Waals surface area (Å²) in [6.45, 7) is 9.74. The summed E-state index contributed by atoms with van der Waals surface area (Å²) >= 11 is 0. The van der Waals surface area contributed by atoms with Gasteiger partial charge in [0.15, 0.2) is 0 Å². The number of anilines is 1. The molecule has 2 aliphatic rings. The number of ether oxygens (including phenoxy) is 2. The highest BCUT2D eigenvalue weighted by Gasteiger charge is 2.31. The highest BCUT2D eigenvalue weighted by Crippen LogP contribution is 2.29. The molecule has 1 aromatic rings. The van der Waals surface area contributed by atoms with Gasteiger partial charge in [0.25, 0.3) is 5.91 Å². The smallest absolute Gasteiger partial charge is 0.258 e. The lowest BCUT2D eigenvalue weighted by Gasteiger charge is -2.36. The van der Waals surface area contributed by atoms with Gasteiger partial charge in [-0.3, -0.25) is 9.59 Å². The number of rotatable bonds is 11. The molecule has 0 radical (unpaired) electrons. The fourth-order valence-corrected chi connectivity index (χ4v) is 6.43. The molecule has 0 aromatic heterocycles. The van der Waals surface area contributed by atoms with E-state index in [1.54, 1.807) is 23.1 Å². The number of likely N-dealkylation sites (N-methyl/N-ethyl adjacent to an activating group) is 1. The van der Waals surface area contributed by atoms with Crippen LogP contribution in [0.1, 0.15) is 95.3 Å². The maximum atomic E-state index is 14.3. The molecule has 0 unspecified atom stereocenters. The number of carbonyl (C=O) groups excluding carboxylic acids is 2. The Morgan fingerprint density at radius 3 is 2.50 bits per heavy atom. The molecule has 2 N–H and O–H groups in total. The zero-order chi connectivity index (χ0) is 32.1. The SMILES string of the molecule is C[C@H](CO)N1C[C@H](C)[C@H](CN(C)CC2CCCCC2)OCCCC[C@H](C)Oc2ccc(NC(=O)CCCN(C)C)cc2C1=O. The first kappa shape index (κ1) is 36.3. The fourth-order valence-electron chi connectivity index (χ4n) is 6.43. The Hall–Kier alpha value is -2.20. The second-order valence-corrected chi connectivity index (χ2v) is 13.7. The van der Waals surface area contributed by atoms with Crippen LogP contribution in [0.25, 0.3) is 0 Å². The Morgan fingerprint density at radius 1 is 1.07 bits per heavy atom. The van der Waals surface area contributed by atoms with Gasteiger partial charge in [0.05, 0.1) is 30.4 Å². The lowest BCUT2D eigenvalue weighted by molar-refractivity contribution is -0.116. The number of aliphatic hydroxyl groups is 1. The van der Waals surface area contributed by atoms with E-state index in [4.69, 9.17) is 9.47 Å². The van der Waals surface area contributed by atoms with Crippen molar-refractivity contribution >= 4 is 17.5 Å². The number of hydrogen-bond donors (Lipinski definition) is 2. The molecular formula is C35H60N4O5. The normalized spacial score (nSPS) is 23.6. The molecule has 0 bridgehead atoms. The first-order valence-corrected chi connectivity index (χ1v) is 17.0. The van der Waals surface area contributed by atoms with Gasteiger partial charge in [0.2, 0.25) is 5.91 Å². The Morgan fingerprint density at radius 2 is 1.80 bits per heavy atom. The van der Waals surface area contributed by atoms with Crippen molar-refractivity contribution in [1.29, 1.82) is 0 Å². The Kier molecular flexibility index (Phi) is 15.4. The first-order valence-electron chi connectivity index (χ1n) is 17.0. The maximum absolute atomic E-state index is 14.3. The van der Waals surface area contributed by atoms with Crippen molar-refractivity contribution in [1.82, 2.24) is 14.7 Å². The molecule has 1 fully saturated rings. The summed E-state index contributed by atoms with van der Waals surface area (Å²) in [5.74, 6) is 1.01. The number of nitrogens with zero attached hydrogens (tertiary/aromatic N) is 3. The van der Waals surface area contributed by atoms with Gasteiger partial charge < -0.3 is 34.6 Å². The van der Waals surface area contributed by atoms with Crippen LogP contribution in [0.5, 0.6) is 5.75 Å². The third-order valence-electron chi connectivity index (χ3n) is 9.13. The van der Waals surface area contributed by atoms with E-state index in [-0.39, 0.29) is 36.5 Å². The van der Waals surface area contributed by atoms with E-state index in [0.29, 0.717) is 36.6 Å². The maximum Gasteiger partial charge on any atom is 0.258 e. The van der Waals surface area contributed by atoms with Gasteiger partial charge in [-0.15, -0.1) is 0 Å². The van der Waals surface area contributed by atoms with E-state index >= 15 is 0 Å². The third kappa shape index (κ3) is 12.0.